The zero-order chi connectivity index (χ0) is 14.7. The van der Waals surface area contributed by atoms with E-state index >= 15 is 0 Å². The van der Waals surface area contributed by atoms with Gasteiger partial charge in [-0.1, -0.05) is 33.1 Å². The number of aliphatic hydroxyl groups excluding tert-OH is 3. The maximum Gasteiger partial charge on any atom is 0.409 e. The third-order valence-corrected chi connectivity index (χ3v) is 3.17. The van der Waals surface area contributed by atoms with Crippen LogP contribution in [-0.2, 0) is 4.74 Å². The van der Waals surface area contributed by atoms with Crippen molar-refractivity contribution in [2.75, 3.05) is 19.8 Å². The third-order valence-electron chi connectivity index (χ3n) is 3.17. The number of carbonyl (C=O) groups excluding carboxylic acids is 1. The second kappa shape index (κ2) is 11.0. The Kier molecular flexibility index (Phi) is 10.5. The zero-order valence-electron chi connectivity index (χ0n) is 11.8. The molecule has 0 aliphatic rings. The van der Waals surface area contributed by atoms with E-state index in [0.29, 0.717) is 12.5 Å². The van der Waals surface area contributed by atoms with E-state index in [1.54, 1.807) is 0 Å². The Morgan fingerprint density at radius 2 is 1.89 bits per heavy atom. The highest BCUT2D eigenvalue weighted by molar-refractivity contribution is 5.67. The number of hydrogen-bond acceptors (Lipinski definition) is 5. The molecule has 2 unspecified atom stereocenters. The average molecular weight is 277 g/mol. The van der Waals surface area contributed by atoms with Gasteiger partial charge in [0.1, 0.15) is 6.23 Å². The van der Waals surface area contributed by atoms with E-state index < -0.39 is 31.5 Å². The Hall–Kier alpha value is -0.850. The van der Waals surface area contributed by atoms with Gasteiger partial charge in [0.25, 0.3) is 0 Å². The molecule has 0 aliphatic carbocycles. The highest BCUT2D eigenvalue weighted by atomic mass is 16.6. The van der Waals surface area contributed by atoms with Gasteiger partial charge in [-0.15, -0.1) is 0 Å². The fourth-order valence-electron chi connectivity index (χ4n) is 1.63. The Morgan fingerprint density at radius 1 is 1.26 bits per heavy atom. The number of hydrogen-bond donors (Lipinski definition) is 4. The molecule has 0 saturated carbocycles. The average Bonchev–Trinajstić information content (AvgIpc) is 2.40. The first-order valence-electron chi connectivity index (χ1n) is 6.92. The summed E-state index contributed by atoms with van der Waals surface area (Å²) in [5.74, 6) is -0.469. The van der Waals surface area contributed by atoms with Gasteiger partial charge < -0.3 is 20.1 Å². The maximum absolute atomic E-state index is 11.4. The fraction of sp³-hybridized carbons (Fsp3) is 0.923. The third kappa shape index (κ3) is 8.02. The number of rotatable bonds is 10. The molecule has 0 bridgehead atoms. The number of nitrogens with one attached hydrogen (secondary N) is 1. The van der Waals surface area contributed by atoms with Crippen LogP contribution in [0.1, 0.15) is 39.5 Å². The Morgan fingerprint density at radius 3 is 2.37 bits per heavy atom. The van der Waals surface area contributed by atoms with Gasteiger partial charge in [-0.3, -0.25) is 5.32 Å². The molecule has 0 spiro atoms. The van der Waals surface area contributed by atoms with Crippen LogP contribution in [-0.4, -0.2) is 47.5 Å². The number of aliphatic hydroxyl groups is 3. The SMILES string of the molecule is CCCCC(CC)COC(=O)NC(O)C(CO)CO. The summed E-state index contributed by atoms with van der Waals surface area (Å²) >= 11 is 0. The van der Waals surface area contributed by atoms with Gasteiger partial charge in [0.05, 0.1) is 19.8 Å². The van der Waals surface area contributed by atoms with E-state index in [1.807, 2.05) is 6.92 Å². The summed E-state index contributed by atoms with van der Waals surface area (Å²) < 4.78 is 5.03. The fourth-order valence-corrected chi connectivity index (χ4v) is 1.63. The van der Waals surface area contributed by atoms with Crippen molar-refractivity contribution in [2.45, 2.75) is 45.8 Å². The van der Waals surface area contributed by atoms with Crippen molar-refractivity contribution >= 4 is 6.09 Å². The van der Waals surface area contributed by atoms with Crippen molar-refractivity contribution in [3.63, 3.8) is 0 Å². The lowest BCUT2D eigenvalue weighted by Gasteiger charge is -2.20. The molecule has 0 fully saturated rings. The molecule has 0 aromatic rings. The smallest absolute Gasteiger partial charge is 0.409 e. The first-order chi connectivity index (χ1) is 9.08. The molecule has 0 saturated heterocycles. The van der Waals surface area contributed by atoms with Crippen molar-refractivity contribution in [3.8, 4) is 0 Å². The molecule has 0 aromatic heterocycles. The molecular formula is C13H27NO5. The summed E-state index contributed by atoms with van der Waals surface area (Å²) in [4.78, 5) is 11.4. The summed E-state index contributed by atoms with van der Waals surface area (Å²) in [5, 5.41) is 29.4. The van der Waals surface area contributed by atoms with E-state index in [-0.39, 0.29) is 0 Å². The minimum absolute atomic E-state index is 0.317. The topological polar surface area (TPSA) is 99.0 Å². The van der Waals surface area contributed by atoms with Gasteiger partial charge in [-0.05, 0) is 12.3 Å². The lowest BCUT2D eigenvalue weighted by atomic mass is 10.0. The number of ether oxygens (including phenoxy) is 1. The molecule has 2 atom stereocenters. The minimum Gasteiger partial charge on any atom is -0.449 e. The van der Waals surface area contributed by atoms with Gasteiger partial charge in [0.15, 0.2) is 0 Å². The summed E-state index contributed by atoms with van der Waals surface area (Å²) in [6, 6.07) is 0. The molecule has 0 rings (SSSR count). The molecule has 1 amide bonds. The Balaban J connectivity index is 3.96. The molecule has 19 heavy (non-hydrogen) atoms. The summed E-state index contributed by atoms with van der Waals surface area (Å²) in [7, 11) is 0. The Bertz CT molecular complexity index is 233. The van der Waals surface area contributed by atoms with Crippen molar-refractivity contribution in [1.82, 2.24) is 5.32 Å². The number of alkyl carbamates (subject to hydrolysis) is 1. The Labute approximate surface area is 114 Å². The lowest BCUT2D eigenvalue weighted by molar-refractivity contribution is 0.00880. The van der Waals surface area contributed by atoms with Crippen LogP contribution in [0.5, 0.6) is 0 Å². The lowest BCUT2D eigenvalue weighted by Crippen LogP contribution is -2.43. The summed E-state index contributed by atoms with van der Waals surface area (Å²) in [5.41, 5.74) is 0. The quantitative estimate of drug-likeness (QED) is 0.444. The predicted octanol–water partition coefficient (Wildman–Crippen LogP) is 0.848. The molecule has 114 valence electrons. The van der Waals surface area contributed by atoms with E-state index in [0.717, 1.165) is 25.7 Å². The van der Waals surface area contributed by atoms with Crippen LogP contribution < -0.4 is 5.32 Å². The second-order valence-corrected chi connectivity index (χ2v) is 4.73. The standard InChI is InChI=1S/C13H27NO5/c1-3-5-6-10(4-2)9-19-13(18)14-12(17)11(7-15)8-16/h10-12,15-17H,3-9H2,1-2H3,(H,14,18). The van der Waals surface area contributed by atoms with Gasteiger partial charge in [-0.2, -0.15) is 0 Å². The van der Waals surface area contributed by atoms with Gasteiger partial charge in [0, 0.05) is 5.92 Å². The number of amides is 1. The minimum atomic E-state index is -1.31. The van der Waals surface area contributed by atoms with Gasteiger partial charge >= 0.3 is 6.09 Å². The number of unbranched alkanes of at least 4 members (excludes halogenated alkanes) is 1. The van der Waals surface area contributed by atoms with Gasteiger partial charge in [0.2, 0.25) is 0 Å². The maximum atomic E-state index is 11.4. The largest absolute Gasteiger partial charge is 0.449 e. The van der Waals surface area contributed by atoms with Crippen molar-refractivity contribution in [1.29, 1.82) is 0 Å². The van der Waals surface area contributed by atoms with Crippen LogP contribution in [0.2, 0.25) is 0 Å². The second-order valence-electron chi connectivity index (χ2n) is 4.73. The molecule has 6 heteroatoms. The van der Waals surface area contributed by atoms with Crippen LogP contribution in [0, 0.1) is 11.8 Å². The summed E-state index contributed by atoms with van der Waals surface area (Å²) in [6.45, 7) is 3.65. The van der Waals surface area contributed by atoms with Crippen molar-refractivity contribution in [3.05, 3.63) is 0 Å². The molecule has 6 nitrogen and oxygen atoms in total. The molecule has 4 N–H and O–H groups in total. The first kappa shape index (κ1) is 18.1. The highest BCUT2D eigenvalue weighted by Gasteiger charge is 2.20. The van der Waals surface area contributed by atoms with E-state index in [1.165, 1.54) is 0 Å². The van der Waals surface area contributed by atoms with Crippen LogP contribution in [0.15, 0.2) is 0 Å². The monoisotopic (exact) mass is 277 g/mol. The molecule has 0 aromatic carbocycles. The first-order valence-corrected chi connectivity index (χ1v) is 6.92. The van der Waals surface area contributed by atoms with Crippen LogP contribution in [0.25, 0.3) is 0 Å². The van der Waals surface area contributed by atoms with Crippen LogP contribution >= 0.6 is 0 Å². The zero-order valence-corrected chi connectivity index (χ0v) is 11.8. The molecular weight excluding hydrogens is 250 g/mol. The van der Waals surface area contributed by atoms with E-state index in [4.69, 9.17) is 14.9 Å². The van der Waals surface area contributed by atoms with E-state index in [2.05, 4.69) is 12.2 Å². The van der Waals surface area contributed by atoms with Gasteiger partial charge in [-0.25, -0.2) is 4.79 Å². The summed E-state index contributed by atoms with van der Waals surface area (Å²) in [6.07, 6.45) is 2.12. The molecule has 0 heterocycles. The molecule has 0 aliphatic heterocycles. The van der Waals surface area contributed by atoms with Crippen LogP contribution in [0.4, 0.5) is 4.79 Å². The van der Waals surface area contributed by atoms with E-state index in [9.17, 15) is 9.90 Å². The normalized spacial score (nSPS) is 14.2. The molecule has 0 radical (unpaired) electrons. The van der Waals surface area contributed by atoms with Crippen molar-refractivity contribution < 1.29 is 24.9 Å². The van der Waals surface area contributed by atoms with Crippen molar-refractivity contribution in [2.24, 2.45) is 11.8 Å². The predicted molar refractivity (Wildman–Crippen MR) is 71.5 cm³/mol. The van der Waals surface area contributed by atoms with Crippen LogP contribution in [0.3, 0.4) is 0 Å². The highest BCUT2D eigenvalue weighted by Crippen LogP contribution is 2.12. The number of carbonyl (C=O) groups is 1.